The highest BCUT2D eigenvalue weighted by Crippen LogP contribution is 2.40. The van der Waals surface area contributed by atoms with Gasteiger partial charge in [0.25, 0.3) is 0 Å². The van der Waals surface area contributed by atoms with Crippen molar-refractivity contribution in [3.63, 3.8) is 0 Å². The summed E-state index contributed by atoms with van der Waals surface area (Å²) in [6, 6.07) is 6.69. The maximum atomic E-state index is 9.94. The van der Waals surface area contributed by atoms with Crippen molar-refractivity contribution in [2.45, 2.75) is 24.6 Å². The molecule has 11 heteroatoms. The van der Waals surface area contributed by atoms with Gasteiger partial charge in [0.05, 0.1) is 0 Å². The third kappa shape index (κ3) is 10.8. The number of pyridine rings is 1. The summed E-state index contributed by atoms with van der Waals surface area (Å²) in [5, 5.41) is 0. The molecule has 0 bridgehead atoms. The first-order valence-electron chi connectivity index (χ1n) is 5.31. The quantitative estimate of drug-likeness (QED) is 0.359. The van der Waals surface area contributed by atoms with Crippen LogP contribution in [0.4, 0.5) is 0 Å². The largest absolute Gasteiger partial charge is 0.345 e. The van der Waals surface area contributed by atoms with Gasteiger partial charge in [-0.3, -0.25) is 9.13 Å². The minimum Gasteiger partial charge on any atom is -0.326 e. The van der Waals surface area contributed by atoms with Crippen LogP contribution in [-0.4, -0.2) is 14.5 Å². The Bertz CT molecular complexity index is 427. The molecule has 0 saturated carbocycles. The normalized spacial score (nSPS) is 14.3. The highest BCUT2D eigenvalue weighted by Gasteiger charge is 2.30. The van der Waals surface area contributed by atoms with Crippen LogP contribution in [0.3, 0.4) is 0 Å². The topological polar surface area (TPSA) is 96.9 Å². The van der Waals surface area contributed by atoms with E-state index in [9.17, 15) is 9.13 Å². The van der Waals surface area contributed by atoms with Gasteiger partial charge < -0.3 is 9.79 Å². The molecule has 2 atom stereocenters. The summed E-state index contributed by atoms with van der Waals surface area (Å²) >= 11 is 9.96. The summed E-state index contributed by atoms with van der Waals surface area (Å²) < 4.78 is 27.1. The van der Waals surface area contributed by atoms with Crippen molar-refractivity contribution in [1.29, 1.82) is 0 Å². The molecular weight excluding hydrogens is 351 g/mol. The maximum absolute atomic E-state index is 9.94. The van der Waals surface area contributed by atoms with Gasteiger partial charge in [-0.15, -0.1) is 0 Å². The molecule has 0 saturated heterocycles. The van der Waals surface area contributed by atoms with Gasteiger partial charge in [-0.05, 0) is 37.0 Å². The van der Waals surface area contributed by atoms with Crippen LogP contribution in [0.1, 0.15) is 19.9 Å². The fourth-order valence-corrected chi connectivity index (χ4v) is 2.35. The van der Waals surface area contributed by atoms with E-state index in [1.807, 2.05) is 18.2 Å². The molecule has 1 aromatic heterocycles. The number of halogens is 2. The van der Waals surface area contributed by atoms with Crippen LogP contribution in [0, 0.1) is 0 Å². The third-order valence-electron chi connectivity index (χ3n) is 1.75. The van der Waals surface area contributed by atoms with Crippen LogP contribution in [0.2, 0.25) is 0 Å². The Labute approximate surface area is 128 Å². The molecule has 0 fully saturated rings. The minimum absolute atomic E-state index is 0.575. The van der Waals surface area contributed by atoms with E-state index < -0.39 is 21.2 Å². The van der Waals surface area contributed by atoms with Crippen LogP contribution in [0.25, 0.3) is 0 Å². The van der Waals surface area contributed by atoms with Gasteiger partial charge in [0.1, 0.15) is 0 Å². The van der Waals surface area contributed by atoms with Crippen molar-refractivity contribution in [3.05, 3.63) is 30.6 Å². The van der Waals surface area contributed by atoms with Crippen molar-refractivity contribution < 1.29 is 32.5 Å². The summed E-state index contributed by atoms with van der Waals surface area (Å²) in [6.07, 6.45) is 4.15. The first-order chi connectivity index (χ1) is 9.14. The number of hydrogen-bond acceptors (Lipinski definition) is 4. The van der Waals surface area contributed by atoms with Crippen molar-refractivity contribution in [2.75, 3.05) is 0 Å². The summed E-state index contributed by atoms with van der Waals surface area (Å²) in [7, 11) is -6.82. The van der Waals surface area contributed by atoms with Crippen LogP contribution in [-0.2, 0) is 18.2 Å². The molecule has 0 aliphatic rings. The molecule has 1 rings (SSSR count). The second kappa shape index (κ2) is 9.87. The number of alkyl halides is 2. The fraction of sp³-hybridized carbons (Fsp3) is 0.444. The van der Waals surface area contributed by atoms with Gasteiger partial charge >= 0.3 is 21.2 Å². The zero-order valence-corrected chi connectivity index (χ0v) is 14.2. The monoisotopic (exact) mass is 366 g/mol. The van der Waals surface area contributed by atoms with E-state index in [2.05, 4.69) is 39.9 Å². The van der Waals surface area contributed by atoms with Crippen LogP contribution in [0.5, 0.6) is 0 Å². The first kappa shape index (κ1) is 20.0. The van der Waals surface area contributed by atoms with Crippen molar-refractivity contribution in [1.82, 2.24) is 0 Å². The summed E-state index contributed by atoms with van der Waals surface area (Å²) in [5.41, 5.74) is 0. The van der Waals surface area contributed by atoms with E-state index in [4.69, 9.17) is 33.0 Å². The number of rotatable bonds is 5. The third-order valence-corrected chi connectivity index (χ3v) is 3.50. The molecule has 0 aliphatic heterocycles. The average molecular weight is 367 g/mol. The molecule has 0 radical (unpaired) electrons. The Hall–Kier alpha value is 0.0300. The summed E-state index contributed by atoms with van der Waals surface area (Å²) in [6.45, 7) is 4.33. The van der Waals surface area contributed by atoms with E-state index in [0.29, 0.717) is 6.04 Å². The molecule has 20 heavy (non-hydrogen) atoms. The van der Waals surface area contributed by atoms with Gasteiger partial charge in [-0.25, -0.2) is 13.6 Å². The molecule has 0 amide bonds. The van der Waals surface area contributed by atoms with Gasteiger partial charge in [0.2, 0.25) is 0 Å². The van der Waals surface area contributed by atoms with Gasteiger partial charge in [-0.1, -0.05) is 6.07 Å². The lowest BCUT2D eigenvalue weighted by molar-refractivity contribution is -0.716. The van der Waals surface area contributed by atoms with E-state index in [-0.39, 0.29) is 0 Å². The van der Waals surface area contributed by atoms with Gasteiger partial charge in [-0.2, -0.15) is 0 Å². The van der Waals surface area contributed by atoms with Crippen LogP contribution in [0.15, 0.2) is 30.6 Å². The summed E-state index contributed by atoms with van der Waals surface area (Å²) in [4.78, 5) is 16.2. The molecule has 0 spiro atoms. The molecule has 2 N–H and O–H groups in total. The Morgan fingerprint density at radius 1 is 1.05 bits per heavy atom. The summed E-state index contributed by atoms with van der Waals surface area (Å²) in [5.74, 6) is 0. The maximum Gasteiger partial charge on any atom is 0.345 e. The second-order valence-corrected chi connectivity index (χ2v) is 6.28. The van der Waals surface area contributed by atoms with Crippen molar-refractivity contribution in [3.8, 4) is 0 Å². The predicted octanol–water partition coefficient (Wildman–Crippen LogP) is 2.43. The minimum atomic E-state index is -3.41. The molecule has 2 unspecified atom stereocenters. The standard InChI is InChI=1S/C8H12N.CH4Cl2O6P2/c1-8(2)9-6-4-3-5-7-9;2-1(3,8-10(4)5)9-11(6)7/h3-8H,1-2H3;10-11H,(H,4,5)(H,6,7)/q+1;. The lowest BCUT2D eigenvalue weighted by Gasteiger charge is -2.15. The molecule has 7 nitrogen and oxygen atoms in total. The highest BCUT2D eigenvalue weighted by molar-refractivity contribution is 7.33. The first-order valence-corrected chi connectivity index (χ1v) is 8.60. The molecular formula is C9H16Cl2NO6P2+. The molecule has 1 aromatic rings. The molecule has 0 aliphatic carbocycles. The number of hydrogen-bond donors (Lipinski definition) is 2. The van der Waals surface area contributed by atoms with Crippen LogP contribution >= 0.6 is 39.7 Å². The SMILES string of the molecule is CC(C)[n+]1ccccc1.O=[PH](O)OC(Cl)(Cl)O[PH](=O)O. The molecule has 0 aromatic carbocycles. The lowest BCUT2D eigenvalue weighted by Crippen LogP contribution is -2.34. The van der Waals surface area contributed by atoms with Gasteiger partial charge in [0, 0.05) is 12.1 Å². The fourth-order valence-electron chi connectivity index (χ4n) is 0.980. The second-order valence-electron chi connectivity index (χ2n) is 3.62. The lowest BCUT2D eigenvalue weighted by atomic mass is 10.3. The number of aromatic nitrogens is 1. The molecule has 1 heterocycles. The Kier molecular flexibility index (Phi) is 9.89. The average Bonchev–Trinajstić information content (AvgIpc) is 2.27. The van der Waals surface area contributed by atoms with Crippen LogP contribution < -0.4 is 4.57 Å². The van der Waals surface area contributed by atoms with E-state index in [1.54, 1.807) is 0 Å². The Morgan fingerprint density at radius 2 is 1.45 bits per heavy atom. The van der Waals surface area contributed by atoms with Crippen molar-refractivity contribution in [2.24, 2.45) is 0 Å². The molecule has 116 valence electrons. The van der Waals surface area contributed by atoms with Crippen molar-refractivity contribution >= 4 is 39.7 Å². The Balaban J connectivity index is 0.000000367. The zero-order chi connectivity index (χ0) is 15.8. The van der Waals surface area contributed by atoms with E-state index in [1.165, 1.54) is 0 Å². The number of nitrogens with zero attached hydrogens (tertiary/aromatic N) is 1. The smallest absolute Gasteiger partial charge is 0.326 e. The van der Waals surface area contributed by atoms with E-state index >= 15 is 0 Å². The van der Waals surface area contributed by atoms with Gasteiger partial charge in [0.15, 0.2) is 18.4 Å². The highest BCUT2D eigenvalue weighted by atomic mass is 35.5. The zero-order valence-electron chi connectivity index (χ0n) is 10.7. The predicted molar refractivity (Wildman–Crippen MR) is 76.1 cm³/mol. The Morgan fingerprint density at radius 3 is 1.70 bits per heavy atom. The van der Waals surface area contributed by atoms with E-state index in [0.717, 1.165) is 0 Å².